The maximum atomic E-state index is 12.4. The van der Waals surface area contributed by atoms with Gasteiger partial charge in [0.15, 0.2) is 11.3 Å². The van der Waals surface area contributed by atoms with E-state index in [2.05, 4.69) is 32.4 Å². The van der Waals surface area contributed by atoms with Crippen LogP contribution in [-0.4, -0.2) is 51.6 Å². The Labute approximate surface area is 165 Å². The highest BCUT2D eigenvalue weighted by atomic mass is 79.9. The lowest BCUT2D eigenvalue weighted by Crippen LogP contribution is -2.35. The molecule has 1 atom stereocenters. The van der Waals surface area contributed by atoms with Crippen LogP contribution in [0.25, 0.3) is 0 Å². The molecule has 0 radical (unpaired) electrons. The Bertz CT molecular complexity index is 716. The average molecular weight is 440 g/mol. The number of rotatable bonds is 6. The first-order valence-corrected chi connectivity index (χ1v) is 10.8. The second kappa shape index (κ2) is 8.82. The topological polar surface area (TPSA) is 89.3 Å². The van der Waals surface area contributed by atoms with Gasteiger partial charge >= 0.3 is 0 Å². The minimum atomic E-state index is -0.164. The molecular formula is C17H22BrN5O2S. The number of alkyl halides is 1. The number of aromatic nitrogens is 1. The van der Waals surface area contributed by atoms with Gasteiger partial charge in [-0.1, -0.05) is 27.3 Å². The minimum Gasteiger partial charge on any atom is -0.337 e. The van der Waals surface area contributed by atoms with Crippen molar-refractivity contribution >= 4 is 44.2 Å². The quantitative estimate of drug-likeness (QED) is 0.417. The van der Waals surface area contributed by atoms with Gasteiger partial charge < -0.3 is 15.1 Å². The van der Waals surface area contributed by atoms with E-state index in [9.17, 15) is 9.59 Å². The van der Waals surface area contributed by atoms with Gasteiger partial charge in [-0.15, -0.1) is 0 Å². The standard InChI is InChI=1S/C17H22BrN5O2S/c18-6-2-1-3-15(24)23-8-5-13-14(10-23)26-17(20-13)21-16(25)12-4-7-22(9-12)11-19/h12H,1-10H2,(H,20,21,25)/t12-/m0/s1. The Hall–Kier alpha value is -1.66. The summed E-state index contributed by atoms with van der Waals surface area (Å²) in [4.78, 5) is 33.7. The number of likely N-dealkylation sites (tertiary alicyclic amines) is 1. The van der Waals surface area contributed by atoms with Crippen molar-refractivity contribution in [2.45, 2.75) is 38.6 Å². The van der Waals surface area contributed by atoms with Gasteiger partial charge in [-0.05, 0) is 19.3 Å². The lowest BCUT2D eigenvalue weighted by molar-refractivity contribution is -0.132. The van der Waals surface area contributed by atoms with Crippen LogP contribution in [0.1, 0.15) is 36.3 Å². The fourth-order valence-electron chi connectivity index (χ4n) is 3.26. The Balaban J connectivity index is 1.55. The summed E-state index contributed by atoms with van der Waals surface area (Å²) in [5.74, 6) is -0.0437. The monoisotopic (exact) mass is 439 g/mol. The van der Waals surface area contributed by atoms with E-state index in [0.29, 0.717) is 44.2 Å². The SMILES string of the molecule is N#CN1CC[C@H](C(=O)Nc2nc3c(s2)CN(C(=O)CCCCBr)CC3)C1. The third-order valence-electron chi connectivity index (χ3n) is 4.79. The van der Waals surface area contributed by atoms with E-state index < -0.39 is 0 Å². The number of thiazole rings is 1. The summed E-state index contributed by atoms with van der Waals surface area (Å²) in [6.45, 7) is 2.39. The molecule has 7 nitrogen and oxygen atoms in total. The molecule has 140 valence electrons. The summed E-state index contributed by atoms with van der Waals surface area (Å²) in [6.07, 6.45) is 6.01. The number of halogens is 1. The van der Waals surface area contributed by atoms with Crippen molar-refractivity contribution in [3.05, 3.63) is 10.6 Å². The first-order chi connectivity index (χ1) is 12.6. The normalized spacial score (nSPS) is 19.2. The fourth-order valence-corrected chi connectivity index (χ4v) is 4.69. The number of carbonyl (C=O) groups excluding carboxylic acids is 2. The average Bonchev–Trinajstić information content (AvgIpc) is 3.27. The zero-order valence-corrected chi connectivity index (χ0v) is 16.9. The van der Waals surface area contributed by atoms with Crippen molar-refractivity contribution < 1.29 is 9.59 Å². The van der Waals surface area contributed by atoms with Crippen LogP contribution in [0.15, 0.2) is 0 Å². The van der Waals surface area contributed by atoms with E-state index in [-0.39, 0.29) is 17.7 Å². The Morgan fingerprint density at radius 3 is 2.96 bits per heavy atom. The number of hydrogen-bond donors (Lipinski definition) is 1. The summed E-state index contributed by atoms with van der Waals surface area (Å²) in [5, 5.41) is 13.3. The number of carbonyl (C=O) groups is 2. The van der Waals surface area contributed by atoms with Crippen molar-refractivity contribution in [2.24, 2.45) is 5.92 Å². The van der Waals surface area contributed by atoms with E-state index >= 15 is 0 Å². The summed E-state index contributed by atoms with van der Waals surface area (Å²) in [5.41, 5.74) is 0.986. The number of amides is 2. The molecule has 0 spiro atoms. The molecule has 2 aliphatic rings. The van der Waals surface area contributed by atoms with E-state index in [0.717, 1.165) is 35.2 Å². The van der Waals surface area contributed by atoms with Gasteiger partial charge in [-0.3, -0.25) is 9.59 Å². The van der Waals surface area contributed by atoms with Crippen molar-refractivity contribution in [1.29, 1.82) is 5.26 Å². The van der Waals surface area contributed by atoms with Gasteiger partial charge in [0, 0.05) is 42.7 Å². The van der Waals surface area contributed by atoms with Crippen LogP contribution in [-0.2, 0) is 22.6 Å². The number of nitrogens with zero attached hydrogens (tertiary/aromatic N) is 4. The lowest BCUT2D eigenvalue weighted by atomic mass is 10.1. The van der Waals surface area contributed by atoms with Crippen LogP contribution < -0.4 is 5.32 Å². The molecule has 0 bridgehead atoms. The van der Waals surface area contributed by atoms with Gasteiger partial charge in [-0.25, -0.2) is 4.98 Å². The molecule has 1 aromatic heterocycles. The maximum Gasteiger partial charge on any atom is 0.231 e. The first kappa shape index (κ1) is 19.1. The Morgan fingerprint density at radius 2 is 2.23 bits per heavy atom. The number of anilines is 1. The molecular weight excluding hydrogens is 418 g/mol. The molecule has 2 aliphatic heterocycles. The minimum absolute atomic E-state index is 0.0726. The number of unbranched alkanes of at least 4 members (excludes halogenated alkanes) is 1. The molecule has 3 rings (SSSR count). The molecule has 26 heavy (non-hydrogen) atoms. The van der Waals surface area contributed by atoms with Crippen LogP contribution in [0.5, 0.6) is 0 Å². The van der Waals surface area contributed by atoms with Crippen molar-refractivity contribution in [3.8, 4) is 6.19 Å². The number of nitrogens with one attached hydrogen (secondary N) is 1. The Morgan fingerprint density at radius 1 is 1.38 bits per heavy atom. The number of hydrogen-bond acceptors (Lipinski definition) is 6. The zero-order chi connectivity index (χ0) is 18.5. The molecule has 1 N–H and O–H groups in total. The molecule has 1 fully saturated rings. The van der Waals surface area contributed by atoms with Crippen LogP contribution in [0.4, 0.5) is 5.13 Å². The van der Waals surface area contributed by atoms with E-state index in [1.54, 1.807) is 4.90 Å². The van der Waals surface area contributed by atoms with Gasteiger partial charge in [-0.2, -0.15) is 5.26 Å². The molecule has 0 aromatic carbocycles. The predicted molar refractivity (Wildman–Crippen MR) is 103 cm³/mol. The molecule has 0 saturated carbocycles. The van der Waals surface area contributed by atoms with Crippen LogP contribution in [0, 0.1) is 17.4 Å². The predicted octanol–water partition coefficient (Wildman–Crippen LogP) is 2.33. The van der Waals surface area contributed by atoms with Crippen molar-refractivity contribution in [2.75, 3.05) is 30.3 Å². The number of fused-ring (bicyclic) bond motifs is 1. The van der Waals surface area contributed by atoms with Crippen molar-refractivity contribution in [3.63, 3.8) is 0 Å². The second-order valence-corrected chi connectivity index (χ2v) is 8.50. The molecule has 9 heteroatoms. The third kappa shape index (κ3) is 4.54. The van der Waals surface area contributed by atoms with E-state index in [1.807, 2.05) is 4.90 Å². The van der Waals surface area contributed by atoms with Crippen LogP contribution in [0.3, 0.4) is 0 Å². The number of nitriles is 1. The largest absolute Gasteiger partial charge is 0.337 e. The summed E-state index contributed by atoms with van der Waals surface area (Å²) < 4.78 is 0. The zero-order valence-electron chi connectivity index (χ0n) is 14.5. The lowest BCUT2D eigenvalue weighted by Gasteiger charge is -2.26. The maximum absolute atomic E-state index is 12.4. The fraction of sp³-hybridized carbons (Fsp3) is 0.647. The summed E-state index contributed by atoms with van der Waals surface area (Å²) >= 11 is 4.84. The van der Waals surface area contributed by atoms with Crippen LogP contribution >= 0.6 is 27.3 Å². The van der Waals surface area contributed by atoms with E-state index in [1.165, 1.54) is 11.3 Å². The molecule has 3 heterocycles. The third-order valence-corrected chi connectivity index (χ3v) is 6.35. The van der Waals surface area contributed by atoms with Crippen molar-refractivity contribution in [1.82, 2.24) is 14.8 Å². The smallest absolute Gasteiger partial charge is 0.231 e. The van der Waals surface area contributed by atoms with Gasteiger partial charge in [0.2, 0.25) is 11.8 Å². The van der Waals surface area contributed by atoms with Gasteiger partial charge in [0.25, 0.3) is 0 Å². The van der Waals surface area contributed by atoms with Gasteiger partial charge in [0.05, 0.1) is 18.2 Å². The van der Waals surface area contributed by atoms with Gasteiger partial charge in [0.1, 0.15) is 0 Å². The van der Waals surface area contributed by atoms with Crippen LogP contribution in [0.2, 0.25) is 0 Å². The highest BCUT2D eigenvalue weighted by molar-refractivity contribution is 9.09. The molecule has 1 saturated heterocycles. The molecule has 1 aromatic rings. The molecule has 0 unspecified atom stereocenters. The molecule has 0 aliphatic carbocycles. The first-order valence-electron chi connectivity index (χ1n) is 8.88. The highest BCUT2D eigenvalue weighted by Crippen LogP contribution is 2.29. The second-order valence-electron chi connectivity index (χ2n) is 6.62. The summed E-state index contributed by atoms with van der Waals surface area (Å²) in [6, 6.07) is 0. The highest BCUT2D eigenvalue weighted by Gasteiger charge is 2.29. The summed E-state index contributed by atoms with van der Waals surface area (Å²) in [7, 11) is 0. The van der Waals surface area contributed by atoms with E-state index in [4.69, 9.17) is 5.26 Å². The Kier molecular flexibility index (Phi) is 6.48. The molecule has 2 amide bonds.